The van der Waals surface area contributed by atoms with Crippen LogP contribution in [0.2, 0.25) is 0 Å². The van der Waals surface area contributed by atoms with Crippen molar-refractivity contribution in [3.8, 4) is 34.6 Å². The minimum atomic E-state index is -5.35. The van der Waals surface area contributed by atoms with E-state index < -0.39 is 114 Å². The largest absolute Gasteiger partial charge is 0.417 e. The summed E-state index contributed by atoms with van der Waals surface area (Å²) < 4.78 is 217. The summed E-state index contributed by atoms with van der Waals surface area (Å²) in [6.45, 7) is 0. The molecule has 0 amide bonds. The molecule has 0 aliphatic heterocycles. The zero-order chi connectivity index (χ0) is 45.1. The van der Waals surface area contributed by atoms with Crippen LogP contribution in [0.5, 0.6) is 0 Å². The van der Waals surface area contributed by atoms with E-state index in [-0.39, 0.29) is 21.5 Å². The van der Waals surface area contributed by atoms with E-state index in [1.807, 2.05) is 0 Å². The van der Waals surface area contributed by atoms with Crippen LogP contribution in [0.15, 0.2) is 103 Å². The van der Waals surface area contributed by atoms with Crippen molar-refractivity contribution < 1.29 is 65.9 Å². The predicted octanol–water partition coefficient (Wildman–Crippen LogP) is 14.4. The molecule has 0 atom stereocenters. The van der Waals surface area contributed by atoms with E-state index in [4.69, 9.17) is 0 Å². The molecule has 0 radical (unpaired) electrons. The maximum atomic E-state index is 15.0. The van der Waals surface area contributed by atoms with Crippen molar-refractivity contribution in [2.75, 3.05) is 0 Å². The molecular weight excluding hydrogens is 857 g/mol. The van der Waals surface area contributed by atoms with Gasteiger partial charge in [0.15, 0.2) is 0 Å². The van der Waals surface area contributed by atoms with Gasteiger partial charge in [0, 0.05) is 27.1 Å². The van der Waals surface area contributed by atoms with Crippen LogP contribution in [0, 0.1) is 22.7 Å². The molecule has 0 N–H and O–H groups in total. The van der Waals surface area contributed by atoms with Crippen LogP contribution in [0.3, 0.4) is 0 Å². The summed E-state index contributed by atoms with van der Waals surface area (Å²) in [6, 6.07) is 15.1. The first-order valence-corrected chi connectivity index (χ1v) is 17.5. The Balaban J connectivity index is 1.61. The van der Waals surface area contributed by atoms with Crippen molar-refractivity contribution in [1.82, 2.24) is 9.13 Å². The highest BCUT2D eigenvalue weighted by Gasteiger charge is 2.38. The molecule has 0 bridgehead atoms. The van der Waals surface area contributed by atoms with E-state index in [9.17, 15) is 63.2 Å². The fraction of sp³-hybridized carbons (Fsp3) is 0.116. The van der Waals surface area contributed by atoms with E-state index in [0.717, 1.165) is 57.7 Å². The summed E-state index contributed by atoms with van der Waals surface area (Å²) in [4.78, 5) is 0. The second-order valence-electron chi connectivity index (χ2n) is 14.0. The fourth-order valence-corrected chi connectivity index (χ4v) is 7.60. The summed E-state index contributed by atoms with van der Waals surface area (Å²) in [5, 5.41) is 19.7. The zero-order valence-electron chi connectivity index (χ0n) is 30.3. The minimum absolute atomic E-state index is 0.104. The summed E-state index contributed by atoms with van der Waals surface area (Å²) >= 11 is 0. The Morgan fingerprint density at radius 3 is 1.05 bits per heavy atom. The lowest BCUT2D eigenvalue weighted by molar-refractivity contribution is -0.138. The Labute approximate surface area is 336 Å². The van der Waals surface area contributed by atoms with Crippen molar-refractivity contribution in [2.45, 2.75) is 30.9 Å². The summed E-state index contributed by atoms with van der Waals surface area (Å²) in [7, 11) is 0. The van der Waals surface area contributed by atoms with Crippen molar-refractivity contribution in [2.24, 2.45) is 0 Å². The highest BCUT2D eigenvalue weighted by molar-refractivity contribution is 6.12. The summed E-state index contributed by atoms with van der Waals surface area (Å²) in [5.41, 5.74) is -13.1. The molecule has 0 spiro atoms. The van der Waals surface area contributed by atoms with Gasteiger partial charge in [-0.05, 0) is 78.4 Å². The Hall–Kier alpha value is -7.15. The molecule has 6 aromatic carbocycles. The number of fused-ring (bicyclic) bond motifs is 6. The second kappa shape index (κ2) is 13.7. The fourth-order valence-electron chi connectivity index (χ4n) is 7.60. The molecule has 0 aliphatic carbocycles. The molecule has 8 rings (SSSR count). The third kappa shape index (κ3) is 6.87. The number of hydrogen-bond acceptors (Lipinski definition) is 2. The first-order chi connectivity index (χ1) is 28.8. The average Bonchev–Trinajstić information content (AvgIpc) is 3.69. The monoisotopic (exact) mass is 874 g/mol. The van der Waals surface area contributed by atoms with Gasteiger partial charge >= 0.3 is 30.9 Å². The van der Waals surface area contributed by atoms with Crippen molar-refractivity contribution in [3.05, 3.63) is 142 Å². The number of aromatic nitrogens is 2. The molecule has 0 saturated carbocycles. The quantitative estimate of drug-likeness (QED) is 0.166. The Morgan fingerprint density at radius 2 is 0.726 bits per heavy atom. The third-order valence-corrected chi connectivity index (χ3v) is 10.3. The van der Waals surface area contributed by atoms with E-state index in [0.29, 0.717) is 54.6 Å². The average molecular weight is 875 g/mol. The SMILES string of the molecule is N#Cc1ccc(-c2cc(-n3c4cc(C(F)(F)F)ccc4c4ccc(C(F)(F)F)cc43)c(C#N)cc2-n2c3cc(C(F)(F)F)ccc3c3ccc(C(F)(F)F)cc32)c(C(F)(F)F)c1. The van der Waals surface area contributed by atoms with Gasteiger partial charge in [0.1, 0.15) is 6.07 Å². The van der Waals surface area contributed by atoms with Gasteiger partial charge in [-0.15, -0.1) is 0 Å². The molecule has 19 heteroatoms. The first-order valence-electron chi connectivity index (χ1n) is 17.5. The van der Waals surface area contributed by atoms with E-state index in [1.165, 1.54) is 6.07 Å². The van der Waals surface area contributed by atoms with E-state index >= 15 is 13.2 Å². The van der Waals surface area contributed by atoms with Crippen LogP contribution in [-0.2, 0) is 30.9 Å². The minimum Gasteiger partial charge on any atom is -0.309 e. The molecule has 0 aliphatic rings. The molecule has 8 aromatic rings. The molecule has 62 heavy (non-hydrogen) atoms. The van der Waals surface area contributed by atoms with Gasteiger partial charge in [0.25, 0.3) is 0 Å². The smallest absolute Gasteiger partial charge is 0.309 e. The topological polar surface area (TPSA) is 57.4 Å². The maximum absolute atomic E-state index is 15.0. The van der Waals surface area contributed by atoms with E-state index in [1.54, 1.807) is 6.07 Å². The van der Waals surface area contributed by atoms with Gasteiger partial charge in [0.2, 0.25) is 0 Å². The first kappa shape index (κ1) is 41.6. The lowest BCUT2D eigenvalue weighted by Gasteiger charge is -2.21. The molecule has 0 saturated heterocycles. The highest BCUT2D eigenvalue weighted by atomic mass is 19.4. The van der Waals surface area contributed by atoms with Gasteiger partial charge in [-0.2, -0.15) is 76.4 Å². The summed E-state index contributed by atoms with van der Waals surface area (Å²) in [6.07, 6.45) is -25.6. The molecule has 2 aromatic heterocycles. The number of benzene rings is 6. The number of nitriles is 2. The van der Waals surface area contributed by atoms with Crippen LogP contribution in [0.25, 0.3) is 66.1 Å². The summed E-state index contributed by atoms with van der Waals surface area (Å²) in [5.74, 6) is 0. The normalized spacial score (nSPS) is 13.0. The Kier molecular flexibility index (Phi) is 9.18. The van der Waals surface area contributed by atoms with Crippen molar-refractivity contribution >= 4 is 43.6 Å². The predicted molar refractivity (Wildman–Crippen MR) is 195 cm³/mol. The lowest BCUT2D eigenvalue weighted by Crippen LogP contribution is -2.11. The third-order valence-electron chi connectivity index (χ3n) is 10.3. The van der Waals surface area contributed by atoms with Crippen LogP contribution < -0.4 is 0 Å². The lowest BCUT2D eigenvalue weighted by atomic mass is 9.93. The van der Waals surface area contributed by atoms with Crippen molar-refractivity contribution in [3.63, 3.8) is 0 Å². The van der Waals surface area contributed by atoms with Crippen molar-refractivity contribution in [1.29, 1.82) is 10.5 Å². The molecule has 0 unspecified atom stereocenters. The molecule has 4 nitrogen and oxygen atoms in total. The zero-order valence-corrected chi connectivity index (χ0v) is 30.3. The molecule has 314 valence electrons. The number of alkyl halides is 15. The number of rotatable bonds is 3. The van der Waals surface area contributed by atoms with Gasteiger partial charge in [0.05, 0.1) is 78.5 Å². The molecule has 0 fully saturated rings. The highest BCUT2D eigenvalue weighted by Crippen LogP contribution is 2.47. The van der Waals surface area contributed by atoms with Gasteiger partial charge in [-0.1, -0.05) is 30.3 Å². The number of nitrogens with zero attached hydrogens (tertiary/aromatic N) is 4. The molecular formula is C43H17F15N4. The maximum Gasteiger partial charge on any atom is 0.417 e. The Morgan fingerprint density at radius 1 is 0.355 bits per heavy atom. The van der Waals surface area contributed by atoms with Crippen LogP contribution in [-0.4, -0.2) is 9.13 Å². The van der Waals surface area contributed by atoms with E-state index in [2.05, 4.69) is 0 Å². The van der Waals surface area contributed by atoms with Crippen LogP contribution in [0.4, 0.5) is 65.9 Å². The standard InChI is InChI=1S/C43H17F15N4/c44-39(45,46)22-2-7-27-28-8-3-23(40(47,48)49)14-36(28)61(35(27)13-22)33-17-31(26-6-1-20(18-59)11-32(26)43(56,57)58)34(12-21(33)19-60)62-37-15-24(41(50,51)52)4-9-29(37)30-10-5-25(16-38(30)62)42(53,54)55/h1-17H. The number of hydrogen-bond donors (Lipinski definition) is 0. The van der Waals surface area contributed by atoms with Gasteiger partial charge < -0.3 is 9.13 Å². The second-order valence-corrected chi connectivity index (χ2v) is 14.0. The van der Waals surface area contributed by atoms with Crippen LogP contribution >= 0.6 is 0 Å². The number of halogens is 15. The van der Waals surface area contributed by atoms with Gasteiger partial charge in [-0.25, -0.2) is 0 Å². The Bertz CT molecular complexity index is 3110. The van der Waals surface area contributed by atoms with Crippen LogP contribution in [0.1, 0.15) is 38.9 Å². The molecule has 2 heterocycles. The van der Waals surface area contributed by atoms with Gasteiger partial charge in [-0.3, -0.25) is 0 Å².